The van der Waals surface area contributed by atoms with Crippen molar-refractivity contribution in [3.63, 3.8) is 0 Å². The fourth-order valence-corrected chi connectivity index (χ4v) is 5.49. The third kappa shape index (κ3) is 2.02. The van der Waals surface area contributed by atoms with E-state index < -0.39 is 31.8 Å². The van der Waals surface area contributed by atoms with Gasteiger partial charge in [0.15, 0.2) is 11.5 Å². The van der Waals surface area contributed by atoms with Gasteiger partial charge in [0.25, 0.3) is 5.91 Å². The molecule has 25 heavy (non-hydrogen) atoms. The lowest BCUT2D eigenvalue weighted by atomic mass is 9.77. The number of carbonyl (C=O) groups excluding carboxylic acids is 1. The summed E-state index contributed by atoms with van der Waals surface area (Å²) in [6, 6.07) is 1.19. The summed E-state index contributed by atoms with van der Waals surface area (Å²) in [5.74, 6) is -0.176. The summed E-state index contributed by atoms with van der Waals surface area (Å²) in [4.78, 5) is 12.6. The van der Waals surface area contributed by atoms with Crippen molar-refractivity contribution < 1.29 is 33.0 Å². The van der Waals surface area contributed by atoms with Crippen molar-refractivity contribution in [1.29, 1.82) is 0 Å². The van der Waals surface area contributed by atoms with Crippen LogP contribution in [0.5, 0.6) is 17.2 Å². The van der Waals surface area contributed by atoms with E-state index in [1.54, 1.807) is 6.07 Å². The van der Waals surface area contributed by atoms with Gasteiger partial charge in [-0.1, -0.05) is 13.0 Å². The van der Waals surface area contributed by atoms with Gasteiger partial charge in [0.2, 0.25) is 12.5 Å². The third-order valence-electron chi connectivity index (χ3n) is 5.04. The maximum absolute atomic E-state index is 12.6. The minimum absolute atomic E-state index is 0.00699. The van der Waals surface area contributed by atoms with Gasteiger partial charge in [0.05, 0.1) is 11.6 Å². The van der Waals surface area contributed by atoms with E-state index >= 15 is 0 Å². The zero-order chi connectivity index (χ0) is 17.5. The van der Waals surface area contributed by atoms with E-state index in [-0.39, 0.29) is 29.8 Å². The number of phenols is 1. The smallest absolute Gasteiger partial charge is 0.328 e. The molecule has 3 aliphatic heterocycles. The number of amides is 1. The Morgan fingerprint density at radius 3 is 2.84 bits per heavy atom. The molecular formula is C16H16NO7P. The van der Waals surface area contributed by atoms with Crippen LogP contribution in [-0.4, -0.2) is 42.7 Å². The monoisotopic (exact) mass is 365 g/mol. The average Bonchev–Trinajstić information content (AvgIpc) is 3.12. The van der Waals surface area contributed by atoms with Crippen molar-refractivity contribution in [2.45, 2.75) is 25.2 Å². The molecule has 2 unspecified atom stereocenters. The first-order valence-electron chi connectivity index (χ1n) is 7.98. The normalized spacial score (nSPS) is 37.7. The molecule has 0 bridgehead atoms. The van der Waals surface area contributed by atoms with Crippen molar-refractivity contribution in [1.82, 2.24) is 5.32 Å². The molecule has 5 atom stereocenters. The zero-order valence-electron chi connectivity index (χ0n) is 13.5. The number of fused-ring (bicyclic) bond motifs is 6. The van der Waals surface area contributed by atoms with E-state index in [0.717, 1.165) is 5.57 Å². The van der Waals surface area contributed by atoms with E-state index in [0.29, 0.717) is 11.3 Å². The van der Waals surface area contributed by atoms with Crippen LogP contribution in [0.15, 0.2) is 12.1 Å². The highest BCUT2D eigenvalue weighted by Crippen LogP contribution is 2.59. The van der Waals surface area contributed by atoms with Gasteiger partial charge in [-0.2, -0.15) is 0 Å². The Morgan fingerprint density at radius 1 is 1.28 bits per heavy atom. The van der Waals surface area contributed by atoms with Gasteiger partial charge in [0.1, 0.15) is 12.2 Å². The van der Waals surface area contributed by atoms with Crippen molar-refractivity contribution in [3.05, 3.63) is 23.3 Å². The standard InChI is InChI=1S/C16H16NO7P/c1-6-3-8-7-4-9-14(22-5-21-9)12(18)10(7)16(19)17-11(8)15-13(6)23-25(2,20)24-15/h3-4,6,11,13,15,18H,5H2,1-2H3,(H,17,19)/t6?,11-,13-,15+,25?/m1/s1. The lowest BCUT2D eigenvalue weighted by Crippen LogP contribution is -2.54. The molecule has 4 aliphatic rings. The minimum atomic E-state index is -3.15. The van der Waals surface area contributed by atoms with Crippen LogP contribution in [0.3, 0.4) is 0 Å². The molecule has 9 heteroatoms. The van der Waals surface area contributed by atoms with Gasteiger partial charge in [-0.3, -0.25) is 9.36 Å². The summed E-state index contributed by atoms with van der Waals surface area (Å²) in [6.07, 6.45) is 1.02. The molecule has 132 valence electrons. The summed E-state index contributed by atoms with van der Waals surface area (Å²) < 4.78 is 34.1. The van der Waals surface area contributed by atoms with E-state index in [4.69, 9.17) is 18.5 Å². The molecule has 0 spiro atoms. The number of benzene rings is 1. The van der Waals surface area contributed by atoms with Gasteiger partial charge in [-0.25, -0.2) is 0 Å². The van der Waals surface area contributed by atoms with E-state index in [1.165, 1.54) is 6.66 Å². The number of nitrogens with one attached hydrogen (secondary N) is 1. The van der Waals surface area contributed by atoms with Crippen LogP contribution >= 0.6 is 7.60 Å². The average molecular weight is 365 g/mol. The number of hydrogen-bond acceptors (Lipinski definition) is 7. The second-order valence-electron chi connectivity index (χ2n) is 6.73. The Morgan fingerprint density at radius 2 is 2.04 bits per heavy atom. The van der Waals surface area contributed by atoms with Crippen molar-refractivity contribution in [3.8, 4) is 17.2 Å². The van der Waals surface area contributed by atoms with Crippen molar-refractivity contribution >= 4 is 19.1 Å². The van der Waals surface area contributed by atoms with E-state index in [9.17, 15) is 14.5 Å². The molecule has 1 aromatic rings. The van der Waals surface area contributed by atoms with Gasteiger partial charge < -0.3 is 28.9 Å². The first kappa shape index (κ1) is 15.3. The van der Waals surface area contributed by atoms with Gasteiger partial charge in [-0.15, -0.1) is 0 Å². The van der Waals surface area contributed by atoms with Crippen LogP contribution in [0.1, 0.15) is 22.8 Å². The van der Waals surface area contributed by atoms with Crippen LogP contribution in [-0.2, 0) is 13.6 Å². The number of rotatable bonds is 0. The Hall–Kier alpha value is -2.02. The van der Waals surface area contributed by atoms with E-state index in [2.05, 4.69) is 5.32 Å². The molecular weight excluding hydrogens is 349 g/mol. The van der Waals surface area contributed by atoms with Crippen LogP contribution in [0, 0.1) is 5.92 Å². The molecule has 1 saturated heterocycles. The van der Waals surface area contributed by atoms with Gasteiger partial charge >= 0.3 is 7.60 Å². The Kier molecular flexibility index (Phi) is 2.92. The SMILES string of the molecule is CC1C=C2c3cc4c(c(O)c3C(=O)N[C@H]2[C@@H]2OP(C)(=O)O[C@H]12)OCO4. The molecule has 0 aromatic heterocycles. The predicted molar refractivity (Wildman–Crippen MR) is 85.9 cm³/mol. The quantitative estimate of drug-likeness (QED) is 0.677. The lowest BCUT2D eigenvalue weighted by Gasteiger charge is -2.38. The summed E-state index contributed by atoms with van der Waals surface area (Å²) in [5.41, 5.74) is 1.51. The molecule has 1 aromatic carbocycles. The van der Waals surface area contributed by atoms with Crippen LogP contribution in [0.4, 0.5) is 0 Å². The molecule has 5 rings (SSSR count). The van der Waals surface area contributed by atoms with Gasteiger partial charge in [0, 0.05) is 12.6 Å². The molecule has 1 aliphatic carbocycles. The Bertz CT molecular complexity index is 895. The highest BCUT2D eigenvalue weighted by atomic mass is 31.2. The maximum atomic E-state index is 12.6. The Labute approximate surface area is 143 Å². The highest BCUT2D eigenvalue weighted by molar-refractivity contribution is 7.53. The zero-order valence-corrected chi connectivity index (χ0v) is 14.4. The molecule has 2 N–H and O–H groups in total. The number of hydrogen-bond donors (Lipinski definition) is 2. The van der Waals surface area contributed by atoms with Gasteiger partial charge in [-0.05, 0) is 17.2 Å². The second-order valence-corrected chi connectivity index (χ2v) is 8.69. The van der Waals surface area contributed by atoms with Crippen molar-refractivity contribution in [2.75, 3.05) is 13.5 Å². The third-order valence-corrected chi connectivity index (χ3v) is 6.29. The maximum Gasteiger partial charge on any atom is 0.328 e. The predicted octanol–water partition coefficient (Wildman–Crippen LogP) is 1.87. The van der Waals surface area contributed by atoms with Crippen LogP contribution in [0.2, 0.25) is 0 Å². The molecule has 0 radical (unpaired) electrons. The van der Waals surface area contributed by atoms with Crippen LogP contribution < -0.4 is 14.8 Å². The number of aromatic hydroxyl groups is 1. The van der Waals surface area contributed by atoms with Crippen molar-refractivity contribution in [2.24, 2.45) is 5.92 Å². The Balaban J connectivity index is 1.69. The first-order chi connectivity index (χ1) is 11.9. The molecule has 3 heterocycles. The molecule has 0 saturated carbocycles. The summed E-state index contributed by atoms with van der Waals surface area (Å²) in [5, 5.41) is 13.3. The topological polar surface area (TPSA) is 103 Å². The summed E-state index contributed by atoms with van der Waals surface area (Å²) in [7, 11) is -3.15. The molecule has 8 nitrogen and oxygen atoms in total. The molecule has 1 amide bonds. The molecule has 1 fully saturated rings. The fraction of sp³-hybridized carbons (Fsp3) is 0.438. The number of carbonyl (C=O) groups is 1. The number of phenolic OH excluding ortho intramolecular Hbond substituents is 1. The largest absolute Gasteiger partial charge is 0.504 e. The first-order valence-corrected chi connectivity index (χ1v) is 9.97. The van der Waals surface area contributed by atoms with Crippen LogP contribution in [0.25, 0.3) is 5.57 Å². The summed E-state index contributed by atoms with van der Waals surface area (Å²) >= 11 is 0. The fourth-order valence-electron chi connectivity index (χ4n) is 4.00. The highest BCUT2D eigenvalue weighted by Gasteiger charge is 2.53. The minimum Gasteiger partial charge on any atom is -0.504 e. The second kappa shape index (κ2) is 4.78. The summed E-state index contributed by atoms with van der Waals surface area (Å²) in [6.45, 7) is 3.37. The number of ether oxygens (including phenoxy) is 2. The lowest BCUT2D eigenvalue weighted by molar-refractivity contribution is 0.0782. The van der Waals surface area contributed by atoms with E-state index in [1.807, 2.05) is 13.0 Å².